The third-order valence-electron chi connectivity index (χ3n) is 3.11. The summed E-state index contributed by atoms with van der Waals surface area (Å²) in [7, 11) is 1.95. The van der Waals surface area contributed by atoms with E-state index in [-0.39, 0.29) is 0 Å². The first-order chi connectivity index (χ1) is 7.58. The molecule has 0 N–H and O–H groups in total. The predicted octanol–water partition coefficient (Wildman–Crippen LogP) is 1.24. The lowest BCUT2D eigenvalue weighted by molar-refractivity contribution is 0.589. The third kappa shape index (κ3) is 1.08. The number of nitrogens with zero attached hydrogens (tertiary/aromatic N) is 5. The van der Waals surface area contributed by atoms with Gasteiger partial charge in [0.25, 0.3) is 0 Å². The van der Waals surface area contributed by atoms with Crippen LogP contribution in [0, 0.1) is 6.92 Å². The number of aryl methyl sites for hydroxylation is 2. The van der Waals surface area contributed by atoms with Gasteiger partial charge in [0, 0.05) is 13.6 Å². The summed E-state index contributed by atoms with van der Waals surface area (Å²) in [5.74, 6) is 2.05. The fourth-order valence-electron chi connectivity index (χ4n) is 2.40. The van der Waals surface area contributed by atoms with Crippen LogP contribution in [0.1, 0.15) is 25.2 Å². The molecule has 16 heavy (non-hydrogen) atoms. The van der Waals surface area contributed by atoms with Gasteiger partial charge in [0.05, 0.1) is 11.7 Å². The first-order valence-electron chi connectivity index (χ1n) is 5.52. The van der Waals surface area contributed by atoms with E-state index in [1.807, 2.05) is 25.6 Å². The molecular weight excluding hydrogens is 202 g/mol. The van der Waals surface area contributed by atoms with Crippen molar-refractivity contribution in [1.29, 1.82) is 0 Å². The minimum absolute atomic E-state index is 0.335. The highest BCUT2D eigenvalue weighted by Gasteiger charge is 2.33. The van der Waals surface area contributed by atoms with Crippen LogP contribution in [0.3, 0.4) is 0 Å². The molecule has 1 unspecified atom stereocenters. The van der Waals surface area contributed by atoms with Crippen LogP contribution >= 0.6 is 0 Å². The van der Waals surface area contributed by atoms with Gasteiger partial charge in [0.2, 0.25) is 0 Å². The lowest BCUT2D eigenvalue weighted by Crippen LogP contribution is -2.37. The maximum Gasteiger partial charge on any atom is 0.157 e. The van der Waals surface area contributed by atoms with Crippen molar-refractivity contribution >= 4 is 17.4 Å². The molecule has 5 nitrogen and oxygen atoms in total. The van der Waals surface area contributed by atoms with Crippen LogP contribution in [0.5, 0.6) is 0 Å². The van der Waals surface area contributed by atoms with Gasteiger partial charge in [-0.3, -0.25) is 9.67 Å². The van der Waals surface area contributed by atoms with Crippen molar-refractivity contribution in [2.45, 2.75) is 26.8 Å². The third-order valence-corrected chi connectivity index (χ3v) is 3.11. The number of aliphatic imine (C=N–C) groups is 2. The van der Waals surface area contributed by atoms with Gasteiger partial charge in [-0.25, -0.2) is 4.99 Å². The second-order valence-corrected chi connectivity index (χ2v) is 4.48. The Kier molecular flexibility index (Phi) is 1.75. The van der Waals surface area contributed by atoms with Crippen molar-refractivity contribution in [3.05, 3.63) is 11.4 Å². The SMILES string of the molecule is CC1=Nc2c(C)nn(C)c2C2=NC(C)CN12. The van der Waals surface area contributed by atoms with Gasteiger partial charge in [-0.1, -0.05) is 0 Å². The summed E-state index contributed by atoms with van der Waals surface area (Å²) in [6.07, 6.45) is 0. The average molecular weight is 217 g/mol. The lowest BCUT2D eigenvalue weighted by atomic mass is 10.2. The van der Waals surface area contributed by atoms with E-state index in [0.717, 1.165) is 35.3 Å². The number of fused-ring (bicyclic) bond motifs is 3. The molecule has 0 bridgehead atoms. The van der Waals surface area contributed by atoms with Gasteiger partial charge >= 0.3 is 0 Å². The van der Waals surface area contributed by atoms with Gasteiger partial charge in [-0.15, -0.1) is 0 Å². The van der Waals surface area contributed by atoms with Crippen molar-refractivity contribution in [2.24, 2.45) is 17.0 Å². The molecule has 1 aromatic heterocycles. The zero-order valence-electron chi connectivity index (χ0n) is 10.0. The van der Waals surface area contributed by atoms with E-state index in [2.05, 4.69) is 26.9 Å². The standard InChI is InChI=1S/C11H15N5/c1-6-5-16-8(3)13-9-7(2)14-15(4)10(9)11(16)12-6/h6H,5H2,1-4H3. The number of aromatic nitrogens is 2. The topological polar surface area (TPSA) is 45.8 Å². The molecule has 3 heterocycles. The second-order valence-electron chi connectivity index (χ2n) is 4.48. The normalized spacial score (nSPS) is 22.8. The molecule has 0 spiro atoms. The molecule has 0 aromatic carbocycles. The van der Waals surface area contributed by atoms with Crippen molar-refractivity contribution < 1.29 is 0 Å². The Bertz CT molecular complexity index is 523. The second kappa shape index (κ2) is 2.93. The molecule has 2 aliphatic heterocycles. The zero-order valence-corrected chi connectivity index (χ0v) is 10.0. The molecule has 1 atom stereocenters. The summed E-state index contributed by atoms with van der Waals surface area (Å²) in [4.78, 5) is 11.5. The van der Waals surface area contributed by atoms with E-state index in [4.69, 9.17) is 0 Å². The highest BCUT2D eigenvalue weighted by molar-refractivity contribution is 6.15. The van der Waals surface area contributed by atoms with Gasteiger partial charge in [0.15, 0.2) is 5.84 Å². The van der Waals surface area contributed by atoms with Crippen LogP contribution in [0.4, 0.5) is 5.69 Å². The van der Waals surface area contributed by atoms with E-state index in [1.165, 1.54) is 0 Å². The average Bonchev–Trinajstić information content (AvgIpc) is 2.69. The molecule has 5 heteroatoms. The largest absolute Gasteiger partial charge is 0.311 e. The molecule has 0 fully saturated rings. The predicted molar refractivity (Wildman–Crippen MR) is 63.4 cm³/mol. The van der Waals surface area contributed by atoms with Gasteiger partial charge in [0.1, 0.15) is 17.2 Å². The molecule has 84 valence electrons. The fraction of sp³-hybridized carbons (Fsp3) is 0.545. The molecule has 0 saturated carbocycles. The number of hydrogen-bond acceptors (Lipinski definition) is 4. The molecule has 1 aromatic rings. The lowest BCUT2D eigenvalue weighted by Gasteiger charge is -2.24. The first-order valence-corrected chi connectivity index (χ1v) is 5.52. The summed E-state index contributed by atoms with van der Waals surface area (Å²) in [6.45, 7) is 7.07. The molecule has 3 rings (SSSR count). The summed E-state index contributed by atoms with van der Waals surface area (Å²) in [6, 6.07) is 0.335. The van der Waals surface area contributed by atoms with Gasteiger partial charge in [-0.2, -0.15) is 5.10 Å². The zero-order chi connectivity index (χ0) is 11.4. The molecule has 2 aliphatic rings. The van der Waals surface area contributed by atoms with Gasteiger partial charge in [-0.05, 0) is 20.8 Å². The summed E-state index contributed by atoms with van der Waals surface area (Å²) < 4.78 is 1.88. The summed E-state index contributed by atoms with van der Waals surface area (Å²) in [5.41, 5.74) is 3.00. The van der Waals surface area contributed by atoms with Crippen molar-refractivity contribution in [3.63, 3.8) is 0 Å². The van der Waals surface area contributed by atoms with Crippen LogP contribution in [-0.4, -0.2) is 38.9 Å². The summed E-state index contributed by atoms with van der Waals surface area (Å²) >= 11 is 0. The highest BCUT2D eigenvalue weighted by Crippen LogP contribution is 2.31. The van der Waals surface area contributed by atoms with E-state index in [0.29, 0.717) is 6.04 Å². The molecule has 0 radical (unpaired) electrons. The number of hydrogen-bond donors (Lipinski definition) is 0. The molecule has 0 amide bonds. The number of amidine groups is 2. The Morgan fingerprint density at radius 1 is 1.31 bits per heavy atom. The Hall–Kier alpha value is -1.65. The van der Waals surface area contributed by atoms with Crippen LogP contribution in [0.2, 0.25) is 0 Å². The maximum atomic E-state index is 4.68. The first kappa shape index (κ1) is 9.57. The molecule has 0 aliphatic carbocycles. The van der Waals surface area contributed by atoms with E-state index >= 15 is 0 Å². The molecular formula is C11H15N5. The maximum absolute atomic E-state index is 4.68. The Morgan fingerprint density at radius 2 is 2.06 bits per heavy atom. The Labute approximate surface area is 94.5 Å². The minimum atomic E-state index is 0.335. The van der Waals surface area contributed by atoms with Crippen molar-refractivity contribution in [3.8, 4) is 0 Å². The van der Waals surface area contributed by atoms with E-state index < -0.39 is 0 Å². The Morgan fingerprint density at radius 3 is 2.81 bits per heavy atom. The molecule has 0 saturated heterocycles. The fourth-order valence-corrected chi connectivity index (χ4v) is 2.40. The van der Waals surface area contributed by atoms with E-state index in [9.17, 15) is 0 Å². The Balaban J connectivity index is 2.28. The van der Waals surface area contributed by atoms with Crippen LogP contribution in [0.25, 0.3) is 0 Å². The van der Waals surface area contributed by atoms with Crippen LogP contribution in [0.15, 0.2) is 9.98 Å². The quantitative estimate of drug-likeness (QED) is 0.656. The van der Waals surface area contributed by atoms with E-state index in [1.54, 1.807) is 0 Å². The van der Waals surface area contributed by atoms with Crippen molar-refractivity contribution in [1.82, 2.24) is 14.7 Å². The van der Waals surface area contributed by atoms with Crippen LogP contribution < -0.4 is 0 Å². The van der Waals surface area contributed by atoms with Crippen LogP contribution in [-0.2, 0) is 7.05 Å². The van der Waals surface area contributed by atoms with Gasteiger partial charge < -0.3 is 4.90 Å². The highest BCUT2D eigenvalue weighted by atomic mass is 15.4. The van der Waals surface area contributed by atoms with Crippen molar-refractivity contribution in [2.75, 3.05) is 6.54 Å². The minimum Gasteiger partial charge on any atom is -0.311 e. The smallest absolute Gasteiger partial charge is 0.157 e. The number of rotatable bonds is 0. The monoisotopic (exact) mass is 217 g/mol. The summed E-state index contributed by atoms with van der Waals surface area (Å²) in [5, 5.41) is 4.41.